The third-order valence-electron chi connectivity index (χ3n) is 5.89. The second-order valence-corrected chi connectivity index (χ2v) is 8.21. The number of rotatable bonds is 9. The van der Waals surface area contributed by atoms with Gasteiger partial charge in [-0.15, -0.1) is 0 Å². The number of aromatic nitrogens is 1. The smallest absolute Gasteiger partial charge is 0.257 e. The van der Waals surface area contributed by atoms with Gasteiger partial charge in [0, 0.05) is 42.5 Å². The number of aldehydes is 1. The molecule has 1 aliphatic rings. The first-order chi connectivity index (χ1) is 15.7. The van der Waals surface area contributed by atoms with Crippen LogP contribution in [0.5, 0.6) is 5.75 Å². The van der Waals surface area contributed by atoms with E-state index in [1.165, 1.54) is 4.57 Å². The Labute approximate surface area is 188 Å². The summed E-state index contributed by atoms with van der Waals surface area (Å²) in [6.45, 7) is 2.81. The Morgan fingerprint density at radius 2 is 1.97 bits per heavy atom. The lowest BCUT2D eigenvalue weighted by atomic mass is 10.1. The molecule has 0 saturated heterocycles. The van der Waals surface area contributed by atoms with Crippen molar-refractivity contribution in [3.63, 3.8) is 0 Å². The molecule has 1 aliphatic heterocycles. The van der Waals surface area contributed by atoms with Crippen LogP contribution >= 0.6 is 0 Å². The maximum absolute atomic E-state index is 13.9. The van der Waals surface area contributed by atoms with E-state index < -0.39 is 46.6 Å². The van der Waals surface area contributed by atoms with E-state index in [-0.39, 0.29) is 23.0 Å². The molecule has 2 aromatic rings. The Morgan fingerprint density at radius 1 is 1.30 bits per heavy atom. The number of carbonyl (C=O) groups excluding carboxylic acids is 2. The molecular formula is C23H26F3N3O4. The minimum absolute atomic E-state index is 0.200. The quantitative estimate of drug-likeness (QED) is 0.556. The first-order valence-corrected chi connectivity index (χ1v) is 10.7. The van der Waals surface area contributed by atoms with E-state index >= 15 is 0 Å². The van der Waals surface area contributed by atoms with Crippen LogP contribution in [-0.2, 0) is 13.0 Å². The first kappa shape index (κ1) is 24.5. The minimum Gasteiger partial charge on any atom is -0.503 e. The predicted molar refractivity (Wildman–Crippen MR) is 115 cm³/mol. The number of hydrogen-bond donors (Lipinski definition) is 2. The Morgan fingerprint density at radius 3 is 2.58 bits per heavy atom. The van der Waals surface area contributed by atoms with Crippen molar-refractivity contribution in [2.24, 2.45) is 0 Å². The number of hydrogen-bond acceptors (Lipinski definition) is 5. The highest BCUT2D eigenvalue weighted by molar-refractivity contribution is 5.96. The third-order valence-corrected chi connectivity index (χ3v) is 5.89. The van der Waals surface area contributed by atoms with Crippen LogP contribution in [0.4, 0.5) is 13.2 Å². The van der Waals surface area contributed by atoms with Crippen molar-refractivity contribution < 1.29 is 27.9 Å². The SMILES string of the molecule is CCCCN(C)CC1CCc2c(C(=O)NCc3c(F)cc(F)cc3F)c(=O)c(O)c(C=O)n21. The molecule has 178 valence electrons. The van der Waals surface area contributed by atoms with Crippen LogP contribution in [0.2, 0.25) is 0 Å². The molecule has 0 aliphatic carbocycles. The summed E-state index contributed by atoms with van der Waals surface area (Å²) in [5, 5.41) is 12.6. The Bertz CT molecular complexity index is 1110. The zero-order valence-electron chi connectivity index (χ0n) is 18.5. The average molecular weight is 465 g/mol. The standard InChI is InChI=1S/C23H26F3N3O4/c1-3-4-7-28(2)11-14-5-6-18-20(22(32)21(31)19(12-30)29(14)18)23(33)27-10-15-16(25)8-13(24)9-17(15)26/h8-9,12,14,31H,3-7,10-11H2,1-2H3,(H,27,33). The van der Waals surface area contributed by atoms with E-state index in [9.17, 15) is 32.7 Å². The van der Waals surface area contributed by atoms with Gasteiger partial charge >= 0.3 is 0 Å². The summed E-state index contributed by atoms with van der Waals surface area (Å²) in [7, 11) is 1.93. The zero-order chi connectivity index (χ0) is 24.3. The van der Waals surface area contributed by atoms with Crippen molar-refractivity contribution in [1.82, 2.24) is 14.8 Å². The number of pyridine rings is 1. The van der Waals surface area contributed by atoms with Gasteiger partial charge in [0.05, 0.1) is 0 Å². The van der Waals surface area contributed by atoms with Gasteiger partial charge in [0.2, 0.25) is 5.43 Å². The zero-order valence-corrected chi connectivity index (χ0v) is 18.5. The van der Waals surface area contributed by atoms with E-state index in [1.54, 1.807) is 0 Å². The number of carbonyl (C=O) groups is 2. The molecule has 0 spiro atoms. The first-order valence-electron chi connectivity index (χ1n) is 10.7. The lowest BCUT2D eigenvalue weighted by Gasteiger charge is -2.25. The van der Waals surface area contributed by atoms with Crippen LogP contribution in [0, 0.1) is 17.5 Å². The number of halogens is 3. The molecule has 1 unspecified atom stereocenters. The molecule has 3 rings (SSSR count). The average Bonchev–Trinajstić information content (AvgIpc) is 3.15. The second-order valence-electron chi connectivity index (χ2n) is 8.21. The van der Waals surface area contributed by atoms with Crippen LogP contribution < -0.4 is 10.7 Å². The van der Waals surface area contributed by atoms with Crippen molar-refractivity contribution in [3.05, 3.63) is 62.3 Å². The summed E-state index contributed by atoms with van der Waals surface area (Å²) in [5.74, 6) is -5.24. The summed E-state index contributed by atoms with van der Waals surface area (Å²) in [6.07, 6.45) is 3.23. The maximum Gasteiger partial charge on any atom is 0.257 e. The molecule has 0 radical (unpaired) electrons. The molecule has 1 aromatic heterocycles. The van der Waals surface area contributed by atoms with E-state index in [0.29, 0.717) is 37.8 Å². The summed E-state index contributed by atoms with van der Waals surface area (Å²) in [5.41, 5.74) is -1.88. The summed E-state index contributed by atoms with van der Waals surface area (Å²) in [4.78, 5) is 39.3. The number of benzene rings is 1. The summed E-state index contributed by atoms with van der Waals surface area (Å²) in [6, 6.07) is 0.732. The summed E-state index contributed by atoms with van der Waals surface area (Å²) < 4.78 is 42.4. The molecular weight excluding hydrogens is 439 g/mol. The fourth-order valence-electron chi connectivity index (χ4n) is 4.24. The molecule has 33 heavy (non-hydrogen) atoms. The monoisotopic (exact) mass is 465 g/mol. The van der Waals surface area contributed by atoms with Crippen LogP contribution in [0.15, 0.2) is 16.9 Å². The third kappa shape index (κ3) is 4.95. The summed E-state index contributed by atoms with van der Waals surface area (Å²) >= 11 is 0. The van der Waals surface area contributed by atoms with Crippen LogP contribution in [0.3, 0.4) is 0 Å². The van der Waals surface area contributed by atoms with Crippen molar-refractivity contribution in [3.8, 4) is 5.75 Å². The number of nitrogens with zero attached hydrogens (tertiary/aromatic N) is 2. The van der Waals surface area contributed by atoms with Gasteiger partial charge in [0.1, 0.15) is 28.7 Å². The number of unbranched alkanes of at least 4 members (excludes halogenated alkanes) is 1. The van der Waals surface area contributed by atoms with E-state index in [1.807, 2.05) is 7.05 Å². The molecule has 2 N–H and O–H groups in total. The van der Waals surface area contributed by atoms with Crippen molar-refractivity contribution >= 4 is 12.2 Å². The molecule has 7 nitrogen and oxygen atoms in total. The van der Waals surface area contributed by atoms with Gasteiger partial charge in [-0.25, -0.2) is 13.2 Å². The number of aromatic hydroxyl groups is 1. The topological polar surface area (TPSA) is 91.6 Å². The molecule has 1 amide bonds. The van der Waals surface area contributed by atoms with Crippen LogP contribution in [-0.4, -0.2) is 46.9 Å². The van der Waals surface area contributed by atoms with Gasteiger partial charge in [-0.05, 0) is 32.9 Å². The molecule has 0 saturated carbocycles. The largest absolute Gasteiger partial charge is 0.503 e. The molecule has 2 heterocycles. The van der Waals surface area contributed by atoms with Gasteiger partial charge in [-0.3, -0.25) is 14.4 Å². The molecule has 0 fully saturated rings. The lowest BCUT2D eigenvalue weighted by molar-refractivity contribution is 0.0945. The molecule has 10 heteroatoms. The van der Waals surface area contributed by atoms with Gasteiger partial charge in [0.15, 0.2) is 12.0 Å². The van der Waals surface area contributed by atoms with Crippen LogP contribution in [0.25, 0.3) is 0 Å². The van der Waals surface area contributed by atoms with Gasteiger partial charge < -0.3 is 19.9 Å². The fourth-order valence-corrected chi connectivity index (χ4v) is 4.24. The Kier molecular flexibility index (Phi) is 7.57. The number of nitrogens with one attached hydrogen (secondary N) is 1. The highest BCUT2D eigenvalue weighted by Crippen LogP contribution is 2.32. The number of likely N-dealkylation sites (N-methyl/N-ethyl adjacent to an activating group) is 1. The molecule has 1 aromatic carbocycles. The van der Waals surface area contributed by atoms with E-state index in [2.05, 4.69) is 17.1 Å². The number of amides is 1. The fraction of sp³-hybridized carbons (Fsp3) is 0.435. The van der Waals surface area contributed by atoms with Gasteiger partial charge in [-0.1, -0.05) is 13.3 Å². The lowest BCUT2D eigenvalue weighted by Crippen LogP contribution is -2.34. The van der Waals surface area contributed by atoms with Crippen molar-refractivity contribution in [2.75, 3.05) is 20.1 Å². The van der Waals surface area contributed by atoms with Gasteiger partial charge in [0.25, 0.3) is 5.91 Å². The second kappa shape index (κ2) is 10.2. The van der Waals surface area contributed by atoms with Crippen molar-refractivity contribution in [2.45, 2.75) is 45.2 Å². The Balaban J connectivity index is 1.94. The molecule has 1 atom stereocenters. The normalized spacial score (nSPS) is 15.0. The predicted octanol–water partition coefficient (Wildman–Crippen LogP) is 2.93. The maximum atomic E-state index is 13.9. The highest BCUT2D eigenvalue weighted by Gasteiger charge is 2.33. The molecule has 0 bridgehead atoms. The minimum atomic E-state index is -1.18. The van der Waals surface area contributed by atoms with Crippen molar-refractivity contribution in [1.29, 1.82) is 0 Å². The van der Waals surface area contributed by atoms with E-state index in [4.69, 9.17) is 0 Å². The van der Waals surface area contributed by atoms with Crippen LogP contribution in [0.1, 0.15) is 64.3 Å². The van der Waals surface area contributed by atoms with E-state index in [0.717, 1.165) is 19.4 Å². The number of fused-ring (bicyclic) bond motifs is 1. The van der Waals surface area contributed by atoms with Gasteiger partial charge in [-0.2, -0.15) is 0 Å². The highest BCUT2D eigenvalue weighted by atomic mass is 19.1. The Hall–Kier alpha value is -3.14.